The summed E-state index contributed by atoms with van der Waals surface area (Å²) < 4.78 is 24.8. The monoisotopic (exact) mass is 300 g/mol. The van der Waals surface area contributed by atoms with Gasteiger partial charge >= 0.3 is 0 Å². The van der Waals surface area contributed by atoms with Crippen LogP contribution in [0.25, 0.3) is 0 Å². The van der Waals surface area contributed by atoms with Crippen molar-refractivity contribution in [2.45, 2.75) is 51.5 Å². The molecular formula is C15H28N2O2S. The summed E-state index contributed by atoms with van der Waals surface area (Å²) in [5.41, 5.74) is 1.41. The van der Waals surface area contributed by atoms with Gasteiger partial charge in [-0.1, -0.05) is 11.6 Å². The van der Waals surface area contributed by atoms with Crippen molar-refractivity contribution in [1.82, 2.24) is 9.62 Å². The van der Waals surface area contributed by atoms with Gasteiger partial charge in [0.05, 0.1) is 6.26 Å². The van der Waals surface area contributed by atoms with Crippen LogP contribution in [0.4, 0.5) is 0 Å². The van der Waals surface area contributed by atoms with Crippen LogP contribution in [0, 0.1) is 5.92 Å². The fourth-order valence-corrected chi connectivity index (χ4v) is 3.87. The van der Waals surface area contributed by atoms with Gasteiger partial charge in [0.25, 0.3) is 0 Å². The van der Waals surface area contributed by atoms with Crippen molar-refractivity contribution < 1.29 is 8.42 Å². The van der Waals surface area contributed by atoms with Crippen LogP contribution in [-0.2, 0) is 10.0 Å². The highest BCUT2D eigenvalue weighted by Gasteiger charge is 2.25. The topological polar surface area (TPSA) is 49.4 Å². The molecule has 1 atom stereocenters. The molecule has 0 aromatic carbocycles. The fourth-order valence-electron chi connectivity index (χ4n) is 2.93. The molecule has 1 unspecified atom stereocenters. The third-order valence-electron chi connectivity index (χ3n) is 4.21. The number of hydrogen-bond acceptors (Lipinski definition) is 3. The lowest BCUT2D eigenvalue weighted by molar-refractivity contribution is 0.266. The SMILES string of the molecule is CC(=CCCNC1CC1)CC1CCCN(S(C)(=O)=O)C1. The van der Waals surface area contributed by atoms with Gasteiger partial charge in [0, 0.05) is 19.1 Å². The molecule has 0 aromatic heterocycles. The first-order chi connectivity index (χ1) is 9.45. The van der Waals surface area contributed by atoms with Gasteiger partial charge in [-0.05, 0) is 57.9 Å². The lowest BCUT2D eigenvalue weighted by atomic mass is 9.92. The fraction of sp³-hybridized carbons (Fsp3) is 0.867. The molecule has 0 spiro atoms. The number of rotatable bonds is 7. The number of nitrogens with zero attached hydrogens (tertiary/aromatic N) is 1. The van der Waals surface area contributed by atoms with Crippen LogP contribution in [0.15, 0.2) is 11.6 Å². The second-order valence-corrected chi connectivity index (χ2v) is 8.38. The van der Waals surface area contributed by atoms with E-state index in [9.17, 15) is 8.42 Å². The normalized spacial score (nSPS) is 25.9. The summed E-state index contributed by atoms with van der Waals surface area (Å²) in [5.74, 6) is 0.492. The molecule has 116 valence electrons. The molecule has 5 heteroatoms. The molecule has 1 saturated carbocycles. The largest absolute Gasteiger partial charge is 0.314 e. The first-order valence-corrected chi connectivity index (χ1v) is 9.64. The molecule has 1 aliphatic heterocycles. The van der Waals surface area contributed by atoms with Crippen molar-refractivity contribution in [1.29, 1.82) is 0 Å². The Morgan fingerprint density at radius 2 is 2.10 bits per heavy atom. The number of sulfonamides is 1. The Morgan fingerprint density at radius 1 is 1.35 bits per heavy atom. The average molecular weight is 300 g/mol. The molecule has 1 N–H and O–H groups in total. The van der Waals surface area contributed by atoms with Gasteiger partial charge < -0.3 is 5.32 Å². The van der Waals surface area contributed by atoms with Gasteiger partial charge in [-0.25, -0.2) is 12.7 Å². The Bertz CT molecular complexity index is 441. The molecule has 0 bridgehead atoms. The molecule has 0 amide bonds. The van der Waals surface area contributed by atoms with E-state index < -0.39 is 10.0 Å². The maximum Gasteiger partial charge on any atom is 0.211 e. The molecule has 0 aromatic rings. The summed E-state index contributed by atoms with van der Waals surface area (Å²) in [7, 11) is -3.01. The number of allylic oxidation sites excluding steroid dienone is 1. The van der Waals surface area contributed by atoms with Crippen LogP contribution in [0.1, 0.15) is 45.4 Å². The van der Waals surface area contributed by atoms with E-state index in [0.29, 0.717) is 19.0 Å². The maximum atomic E-state index is 11.6. The molecular weight excluding hydrogens is 272 g/mol. The molecule has 20 heavy (non-hydrogen) atoms. The lowest BCUT2D eigenvalue weighted by Gasteiger charge is -2.31. The predicted octanol–water partition coefficient (Wildman–Crippen LogP) is 2.14. The molecule has 0 radical (unpaired) electrons. The molecule has 4 nitrogen and oxygen atoms in total. The predicted molar refractivity (Wildman–Crippen MR) is 83.2 cm³/mol. The highest BCUT2D eigenvalue weighted by molar-refractivity contribution is 7.88. The maximum absolute atomic E-state index is 11.6. The highest BCUT2D eigenvalue weighted by atomic mass is 32.2. The highest BCUT2D eigenvalue weighted by Crippen LogP contribution is 2.24. The van der Waals surface area contributed by atoms with Crippen molar-refractivity contribution in [2.75, 3.05) is 25.9 Å². The number of nitrogens with one attached hydrogen (secondary N) is 1. The Morgan fingerprint density at radius 3 is 2.75 bits per heavy atom. The van der Waals surface area contributed by atoms with Crippen molar-refractivity contribution in [2.24, 2.45) is 5.92 Å². The van der Waals surface area contributed by atoms with Crippen molar-refractivity contribution in [3.8, 4) is 0 Å². The van der Waals surface area contributed by atoms with Gasteiger partial charge in [-0.3, -0.25) is 0 Å². The van der Waals surface area contributed by atoms with E-state index in [0.717, 1.165) is 38.3 Å². The Kier molecular flexibility index (Phi) is 5.64. The molecule has 1 aliphatic carbocycles. The zero-order valence-electron chi connectivity index (χ0n) is 12.8. The van der Waals surface area contributed by atoms with E-state index in [-0.39, 0.29) is 0 Å². The summed E-state index contributed by atoms with van der Waals surface area (Å²) >= 11 is 0. The Hall–Kier alpha value is -0.390. The summed E-state index contributed by atoms with van der Waals surface area (Å²) in [6.07, 6.45) is 10.6. The van der Waals surface area contributed by atoms with E-state index in [4.69, 9.17) is 0 Å². The minimum absolute atomic E-state index is 0.492. The van der Waals surface area contributed by atoms with Gasteiger partial charge in [0.2, 0.25) is 10.0 Å². The minimum atomic E-state index is -3.01. The summed E-state index contributed by atoms with van der Waals surface area (Å²) in [5, 5.41) is 3.51. The van der Waals surface area contributed by atoms with Crippen molar-refractivity contribution >= 4 is 10.0 Å². The molecule has 2 fully saturated rings. The smallest absolute Gasteiger partial charge is 0.211 e. The first-order valence-electron chi connectivity index (χ1n) is 7.79. The molecule has 2 rings (SSSR count). The third kappa shape index (κ3) is 5.54. The zero-order chi connectivity index (χ0) is 14.6. The van der Waals surface area contributed by atoms with Crippen molar-refractivity contribution in [3.05, 3.63) is 11.6 Å². The van der Waals surface area contributed by atoms with E-state index >= 15 is 0 Å². The van der Waals surface area contributed by atoms with Crippen LogP contribution in [0.2, 0.25) is 0 Å². The first kappa shape index (κ1) is 16.0. The van der Waals surface area contributed by atoms with E-state index in [2.05, 4.69) is 18.3 Å². The number of piperidine rings is 1. The molecule has 1 heterocycles. The van der Waals surface area contributed by atoms with Crippen LogP contribution < -0.4 is 5.32 Å². The molecule has 1 saturated heterocycles. The second-order valence-electron chi connectivity index (χ2n) is 6.40. The quantitative estimate of drug-likeness (QED) is 0.579. The van der Waals surface area contributed by atoms with Crippen LogP contribution in [-0.4, -0.2) is 44.7 Å². The summed E-state index contributed by atoms with van der Waals surface area (Å²) in [4.78, 5) is 0. The van der Waals surface area contributed by atoms with Gasteiger partial charge in [-0.15, -0.1) is 0 Å². The lowest BCUT2D eigenvalue weighted by Crippen LogP contribution is -2.39. The average Bonchev–Trinajstić information content (AvgIpc) is 3.18. The van der Waals surface area contributed by atoms with Gasteiger partial charge in [-0.2, -0.15) is 0 Å². The Labute approximate surface area is 123 Å². The van der Waals surface area contributed by atoms with Crippen LogP contribution >= 0.6 is 0 Å². The van der Waals surface area contributed by atoms with E-state index in [1.807, 2.05) is 0 Å². The Balaban J connectivity index is 1.71. The zero-order valence-corrected chi connectivity index (χ0v) is 13.6. The van der Waals surface area contributed by atoms with E-state index in [1.54, 1.807) is 4.31 Å². The van der Waals surface area contributed by atoms with Crippen molar-refractivity contribution in [3.63, 3.8) is 0 Å². The van der Waals surface area contributed by atoms with Crippen LogP contribution in [0.3, 0.4) is 0 Å². The number of hydrogen-bond donors (Lipinski definition) is 1. The summed E-state index contributed by atoms with van der Waals surface area (Å²) in [6.45, 7) is 4.65. The van der Waals surface area contributed by atoms with Gasteiger partial charge in [0.1, 0.15) is 0 Å². The van der Waals surface area contributed by atoms with E-state index in [1.165, 1.54) is 24.7 Å². The minimum Gasteiger partial charge on any atom is -0.314 e. The molecule has 2 aliphatic rings. The third-order valence-corrected chi connectivity index (χ3v) is 5.48. The summed E-state index contributed by atoms with van der Waals surface area (Å²) in [6, 6.07) is 0.783. The van der Waals surface area contributed by atoms with Crippen LogP contribution in [0.5, 0.6) is 0 Å². The standard InChI is InChI=1S/C15H28N2O2S/c1-13(5-3-9-16-15-7-8-15)11-14-6-4-10-17(12-14)20(2,18)19/h5,14-16H,3-4,6-12H2,1-2H3. The van der Waals surface area contributed by atoms with Gasteiger partial charge in [0.15, 0.2) is 0 Å². The second kappa shape index (κ2) is 7.05.